The zero-order valence-corrected chi connectivity index (χ0v) is 24.4. The van der Waals surface area contributed by atoms with Gasteiger partial charge < -0.3 is 15.0 Å². The molecule has 2 amide bonds. The van der Waals surface area contributed by atoms with Crippen LogP contribution in [0.1, 0.15) is 26.3 Å². The van der Waals surface area contributed by atoms with E-state index in [-0.39, 0.29) is 29.1 Å². The van der Waals surface area contributed by atoms with Gasteiger partial charge in [-0.1, -0.05) is 47.5 Å². The van der Waals surface area contributed by atoms with E-state index in [9.17, 15) is 18.0 Å². The molecule has 208 valence electrons. The number of anilines is 1. The van der Waals surface area contributed by atoms with E-state index >= 15 is 0 Å². The van der Waals surface area contributed by atoms with Gasteiger partial charge in [0, 0.05) is 12.6 Å². The number of ether oxygens (including phenoxy) is 1. The number of rotatable bonds is 11. The largest absolute Gasteiger partial charge is 0.497 e. The molecule has 0 spiro atoms. The van der Waals surface area contributed by atoms with Crippen molar-refractivity contribution in [1.82, 2.24) is 10.2 Å². The molecule has 0 aliphatic carbocycles. The number of halogens is 2. The third-order valence-corrected chi connectivity index (χ3v) is 8.43. The second-order valence-electron chi connectivity index (χ2n) is 9.13. The summed E-state index contributed by atoms with van der Waals surface area (Å²) in [6.07, 6.45) is 0. The predicted molar refractivity (Wildman–Crippen MR) is 154 cm³/mol. The predicted octanol–water partition coefficient (Wildman–Crippen LogP) is 5.14. The Kier molecular flexibility index (Phi) is 10.2. The number of carbonyl (C=O) groups excluding carboxylic acids is 2. The lowest BCUT2D eigenvalue weighted by Gasteiger charge is -2.32. The Balaban J connectivity index is 2.03. The van der Waals surface area contributed by atoms with E-state index < -0.39 is 28.5 Å². The highest BCUT2D eigenvalue weighted by molar-refractivity contribution is 7.92. The standard InChI is InChI=1S/C28H31Cl2N3O5S/c1-19(2)31-28(35)20(3)32(17-21-10-15-25(29)26(30)16-21)27(34)18-33(22-11-13-23(38-4)14-12-22)39(36,37)24-8-6-5-7-9-24/h5-16,19-20H,17-18H2,1-4H3,(H,31,35)/t20-/m1/s1. The first-order valence-corrected chi connectivity index (χ1v) is 14.4. The van der Waals surface area contributed by atoms with E-state index in [1.54, 1.807) is 67.6 Å². The van der Waals surface area contributed by atoms with Crippen molar-refractivity contribution in [3.05, 3.63) is 88.4 Å². The second-order valence-corrected chi connectivity index (χ2v) is 11.8. The first kappa shape index (κ1) is 30.3. The van der Waals surface area contributed by atoms with Crippen molar-refractivity contribution in [2.24, 2.45) is 0 Å². The van der Waals surface area contributed by atoms with Gasteiger partial charge in [0.25, 0.3) is 10.0 Å². The molecule has 0 fully saturated rings. The Morgan fingerprint density at radius 3 is 2.13 bits per heavy atom. The molecule has 11 heteroatoms. The average molecular weight is 593 g/mol. The quantitative estimate of drug-likeness (QED) is 0.333. The molecule has 0 saturated carbocycles. The maximum Gasteiger partial charge on any atom is 0.264 e. The number of amides is 2. The second kappa shape index (κ2) is 13.2. The number of nitrogens with zero attached hydrogens (tertiary/aromatic N) is 2. The van der Waals surface area contributed by atoms with Crippen LogP contribution in [0.3, 0.4) is 0 Å². The van der Waals surface area contributed by atoms with Crippen LogP contribution in [0, 0.1) is 0 Å². The minimum absolute atomic E-state index is 0.00421. The molecular formula is C28H31Cl2N3O5S. The molecular weight excluding hydrogens is 561 g/mol. The summed E-state index contributed by atoms with van der Waals surface area (Å²) in [5.74, 6) is -0.425. The minimum atomic E-state index is -4.15. The summed E-state index contributed by atoms with van der Waals surface area (Å²) in [6, 6.07) is 18.0. The Hall–Kier alpha value is -3.27. The maximum absolute atomic E-state index is 13.9. The molecule has 39 heavy (non-hydrogen) atoms. The van der Waals surface area contributed by atoms with Crippen LogP contribution in [0.4, 0.5) is 5.69 Å². The number of hydrogen-bond acceptors (Lipinski definition) is 5. The molecule has 3 aromatic carbocycles. The monoisotopic (exact) mass is 591 g/mol. The summed E-state index contributed by atoms with van der Waals surface area (Å²) < 4.78 is 33.7. The lowest BCUT2D eigenvalue weighted by atomic mass is 10.1. The Bertz CT molecular complexity index is 1400. The fraction of sp³-hybridized carbons (Fsp3) is 0.286. The summed E-state index contributed by atoms with van der Waals surface area (Å²) in [6.45, 7) is 4.67. The number of benzene rings is 3. The lowest BCUT2D eigenvalue weighted by molar-refractivity contribution is -0.139. The maximum atomic E-state index is 13.9. The highest BCUT2D eigenvalue weighted by Gasteiger charge is 2.32. The number of sulfonamides is 1. The van der Waals surface area contributed by atoms with Crippen LogP contribution in [0.5, 0.6) is 5.75 Å². The molecule has 3 aromatic rings. The first-order valence-electron chi connectivity index (χ1n) is 12.2. The van der Waals surface area contributed by atoms with Gasteiger partial charge in [-0.3, -0.25) is 13.9 Å². The van der Waals surface area contributed by atoms with Gasteiger partial charge in [0.2, 0.25) is 11.8 Å². The van der Waals surface area contributed by atoms with Crippen molar-refractivity contribution >= 4 is 50.7 Å². The highest BCUT2D eigenvalue weighted by Crippen LogP contribution is 2.27. The van der Waals surface area contributed by atoms with Crippen LogP contribution in [0.2, 0.25) is 10.0 Å². The van der Waals surface area contributed by atoms with E-state index in [0.717, 1.165) is 4.31 Å². The fourth-order valence-electron chi connectivity index (χ4n) is 3.82. The molecule has 0 bridgehead atoms. The Labute approximate surface area is 239 Å². The topological polar surface area (TPSA) is 96.0 Å². The Morgan fingerprint density at radius 1 is 0.923 bits per heavy atom. The van der Waals surface area contributed by atoms with Gasteiger partial charge in [-0.05, 0) is 74.9 Å². The van der Waals surface area contributed by atoms with Crippen molar-refractivity contribution in [2.75, 3.05) is 18.0 Å². The van der Waals surface area contributed by atoms with E-state index in [2.05, 4.69) is 5.32 Å². The summed E-state index contributed by atoms with van der Waals surface area (Å²) in [5.41, 5.74) is 0.894. The van der Waals surface area contributed by atoms with Crippen LogP contribution in [0.15, 0.2) is 77.7 Å². The van der Waals surface area contributed by atoms with E-state index in [1.165, 1.54) is 24.1 Å². The molecule has 3 rings (SSSR count). The zero-order chi connectivity index (χ0) is 28.7. The van der Waals surface area contributed by atoms with E-state index in [1.807, 2.05) is 13.8 Å². The van der Waals surface area contributed by atoms with Gasteiger partial charge >= 0.3 is 0 Å². The molecule has 1 atom stereocenters. The molecule has 0 aliphatic rings. The van der Waals surface area contributed by atoms with Gasteiger partial charge in [-0.15, -0.1) is 0 Å². The van der Waals surface area contributed by atoms with Gasteiger partial charge in [-0.2, -0.15) is 0 Å². The molecule has 0 unspecified atom stereocenters. The lowest BCUT2D eigenvalue weighted by Crippen LogP contribution is -2.52. The molecule has 0 heterocycles. The zero-order valence-electron chi connectivity index (χ0n) is 22.1. The van der Waals surface area contributed by atoms with Crippen molar-refractivity contribution in [2.45, 2.75) is 44.3 Å². The highest BCUT2D eigenvalue weighted by atomic mass is 35.5. The normalized spacial score (nSPS) is 12.1. The van der Waals surface area contributed by atoms with Gasteiger partial charge in [0.15, 0.2) is 0 Å². The van der Waals surface area contributed by atoms with Gasteiger partial charge in [-0.25, -0.2) is 8.42 Å². The summed E-state index contributed by atoms with van der Waals surface area (Å²) >= 11 is 12.2. The fourth-order valence-corrected chi connectivity index (χ4v) is 5.58. The van der Waals surface area contributed by atoms with Crippen LogP contribution in [-0.2, 0) is 26.2 Å². The van der Waals surface area contributed by atoms with E-state index in [0.29, 0.717) is 21.4 Å². The summed E-state index contributed by atoms with van der Waals surface area (Å²) in [4.78, 5) is 28.2. The molecule has 0 aliphatic heterocycles. The van der Waals surface area contributed by atoms with E-state index in [4.69, 9.17) is 27.9 Å². The van der Waals surface area contributed by atoms with Crippen LogP contribution in [-0.4, -0.2) is 50.9 Å². The molecule has 0 saturated heterocycles. The minimum Gasteiger partial charge on any atom is -0.497 e. The number of hydrogen-bond donors (Lipinski definition) is 1. The molecule has 0 aromatic heterocycles. The van der Waals surface area contributed by atoms with Crippen LogP contribution < -0.4 is 14.4 Å². The summed E-state index contributed by atoms with van der Waals surface area (Å²) in [5, 5.41) is 3.46. The average Bonchev–Trinajstić information content (AvgIpc) is 2.92. The number of carbonyl (C=O) groups is 2. The van der Waals surface area contributed by atoms with Gasteiger partial charge in [0.05, 0.1) is 27.7 Å². The molecule has 0 radical (unpaired) electrons. The first-order chi connectivity index (χ1) is 18.4. The Morgan fingerprint density at radius 2 is 1.56 bits per heavy atom. The smallest absolute Gasteiger partial charge is 0.264 e. The van der Waals surface area contributed by atoms with Crippen LogP contribution in [0.25, 0.3) is 0 Å². The summed E-state index contributed by atoms with van der Waals surface area (Å²) in [7, 11) is -2.65. The third kappa shape index (κ3) is 7.65. The number of methoxy groups -OCH3 is 1. The van der Waals surface area contributed by atoms with Crippen LogP contribution >= 0.6 is 23.2 Å². The molecule has 1 N–H and O–H groups in total. The third-order valence-electron chi connectivity index (χ3n) is 5.91. The van der Waals surface area contributed by atoms with Gasteiger partial charge in [0.1, 0.15) is 18.3 Å². The van der Waals surface area contributed by atoms with Crippen molar-refractivity contribution in [1.29, 1.82) is 0 Å². The van der Waals surface area contributed by atoms with Crippen molar-refractivity contribution < 1.29 is 22.7 Å². The molecule has 8 nitrogen and oxygen atoms in total. The van der Waals surface area contributed by atoms with Crippen molar-refractivity contribution in [3.8, 4) is 5.75 Å². The number of nitrogens with one attached hydrogen (secondary N) is 1. The SMILES string of the molecule is COc1ccc(N(CC(=O)N(Cc2ccc(Cl)c(Cl)c2)[C@H](C)C(=O)NC(C)C)S(=O)(=O)c2ccccc2)cc1. The van der Waals surface area contributed by atoms with Crippen molar-refractivity contribution in [3.63, 3.8) is 0 Å².